The van der Waals surface area contributed by atoms with Crippen molar-refractivity contribution in [1.29, 1.82) is 0 Å². The van der Waals surface area contributed by atoms with E-state index in [2.05, 4.69) is 55.3 Å². The maximum Gasteiger partial charge on any atom is 0.0398 e. The second-order valence-corrected chi connectivity index (χ2v) is 6.15. The zero-order valence-corrected chi connectivity index (χ0v) is 12.7. The van der Waals surface area contributed by atoms with Crippen LogP contribution in [0.15, 0.2) is 24.3 Å². The van der Waals surface area contributed by atoms with Crippen LogP contribution in [0.2, 0.25) is 0 Å². The minimum atomic E-state index is 0.710. The van der Waals surface area contributed by atoms with Gasteiger partial charge in [0, 0.05) is 18.8 Å². The van der Waals surface area contributed by atoms with E-state index in [0.717, 1.165) is 26.2 Å². The van der Waals surface area contributed by atoms with E-state index >= 15 is 0 Å². The van der Waals surface area contributed by atoms with Gasteiger partial charge in [-0.05, 0) is 43.0 Å². The van der Waals surface area contributed by atoms with Crippen molar-refractivity contribution < 1.29 is 0 Å². The SMILES string of the molecule is CCCc1ccccc1N1CC(C)CNCC(C)C1. The van der Waals surface area contributed by atoms with Gasteiger partial charge in [-0.1, -0.05) is 45.4 Å². The lowest BCUT2D eigenvalue weighted by Crippen LogP contribution is -2.43. The molecule has 0 bridgehead atoms. The molecule has 0 saturated carbocycles. The summed E-state index contributed by atoms with van der Waals surface area (Å²) >= 11 is 0. The highest BCUT2D eigenvalue weighted by atomic mass is 15.1. The van der Waals surface area contributed by atoms with Gasteiger partial charge < -0.3 is 10.2 Å². The quantitative estimate of drug-likeness (QED) is 0.897. The number of rotatable bonds is 3. The number of aryl methyl sites for hydroxylation is 1. The molecule has 1 N–H and O–H groups in total. The molecule has 1 heterocycles. The Labute approximate surface area is 118 Å². The molecule has 1 fully saturated rings. The Morgan fingerprint density at radius 3 is 2.37 bits per heavy atom. The number of para-hydroxylation sites is 1. The van der Waals surface area contributed by atoms with Gasteiger partial charge in [0.25, 0.3) is 0 Å². The van der Waals surface area contributed by atoms with Crippen LogP contribution in [0.1, 0.15) is 32.8 Å². The van der Waals surface area contributed by atoms with E-state index < -0.39 is 0 Å². The van der Waals surface area contributed by atoms with Crippen LogP contribution in [-0.4, -0.2) is 26.2 Å². The summed E-state index contributed by atoms with van der Waals surface area (Å²) in [6.45, 7) is 11.6. The topological polar surface area (TPSA) is 15.3 Å². The minimum absolute atomic E-state index is 0.710. The van der Waals surface area contributed by atoms with Gasteiger partial charge in [0.05, 0.1) is 0 Å². The zero-order chi connectivity index (χ0) is 13.7. The number of hydrogen-bond acceptors (Lipinski definition) is 2. The van der Waals surface area contributed by atoms with Crippen molar-refractivity contribution in [2.75, 3.05) is 31.1 Å². The maximum absolute atomic E-state index is 3.57. The van der Waals surface area contributed by atoms with E-state index in [1.807, 2.05) is 0 Å². The first kappa shape index (κ1) is 14.4. The van der Waals surface area contributed by atoms with Crippen LogP contribution in [0.4, 0.5) is 5.69 Å². The van der Waals surface area contributed by atoms with Gasteiger partial charge in [0.15, 0.2) is 0 Å². The van der Waals surface area contributed by atoms with Crippen LogP contribution >= 0.6 is 0 Å². The van der Waals surface area contributed by atoms with Gasteiger partial charge >= 0.3 is 0 Å². The van der Waals surface area contributed by atoms with Gasteiger partial charge in [0.2, 0.25) is 0 Å². The van der Waals surface area contributed by atoms with Crippen LogP contribution in [0.25, 0.3) is 0 Å². The lowest BCUT2D eigenvalue weighted by molar-refractivity contribution is 0.410. The van der Waals surface area contributed by atoms with Gasteiger partial charge in [-0.25, -0.2) is 0 Å². The van der Waals surface area contributed by atoms with Gasteiger partial charge in [-0.15, -0.1) is 0 Å². The average molecular weight is 260 g/mol. The fraction of sp³-hybridized carbons (Fsp3) is 0.647. The molecule has 2 unspecified atom stereocenters. The van der Waals surface area contributed by atoms with E-state index in [1.165, 1.54) is 24.1 Å². The summed E-state index contributed by atoms with van der Waals surface area (Å²) in [5.41, 5.74) is 2.97. The summed E-state index contributed by atoms with van der Waals surface area (Å²) < 4.78 is 0. The highest BCUT2D eigenvalue weighted by Gasteiger charge is 2.19. The number of nitrogens with one attached hydrogen (secondary N) is 1. The highest BCUT2D eigenvalue weighted by Crippen LogP contribution is 2.24. The Bertz CT molecular complexity index is 377. The monoisotopic (exact) mass is 260 g/mol. The second kappa shape index (κ2) is 6.95. The molecule has 2 heteroatoms. The third kappa shape index (κ3) is 3.97. The summed E-state index contributed by atoms with van der Waals surface area (Å²) in [5, 5.41) is 3.57. The van der Waals surface area contributed by atoms with Crippen molar-refractivity contribution in [3.05, 3.63) is 29.8 Å². The Morgan fingerprint density at radius 1 is 1.11 bits per heavy atom. The number of hydrogen-bond donors (Lipinski definition) is 1. The zero-order valence-electron chi connectivity index (χ0n) is 12.7. The summed E-state index contributed by atoms with van der Waals surface area (Å²) in [5.74, 6) is 1.42. The summed E-state index contributed by atoms with van der Waals surface area (Å²) in [4.78, 5) is 2.61. The largest absolute Gasteiger partial charge is 0.371 e. The van der Waals surface area contributed by atoms with Gasteiger partial charge in [-0.3, -0.25) is 0 Å². The molecule has 0 amide bonds. The molecule has 0 spiro atoms. The standard InChI is InChI=1S/C17H28N2/c1-4-7-16-8-5-6-9-17(16)19-12-14(2)10-18-11-15(3)13-19/h5-6,8-9,14-15,18H,4,7,10-13H2,1-3H3. The van der Waals surface area contributed by atoms with Crippen LogP contribution in [0, 0.1) is 11.8 Å². The molecular weight excluding hydrogens is 232 g/mol. The molecule has 0 radical (unpaired) electrons. The van der Waals surface area contributed by atoms with Gasteiger partial charge in [0.1, 0.15) is 0 Å². The van der Waals surface area contributed by atoms with Crippen molar-refractivity contribution in [2.45, 2.75) is 33.6 Å². The number of nitrogens with zero attached hydrogens (tertiary/aromatic N) is 1. The molecular formula is C17H28N2. The lowest BCUT2D eigenvalue weighted by Gasteiger charge is -2.34. The minimum Gasteiger partial charge on any atom is -0.371 e. The Morgan fingerprint density at radius 2 is 1.74 bits per heavy atom. The Hall–Kier alpha value is -1.02. The molecule has 0 aliphatic carbocycles. The Balaban J connectivity index is 2.21. The van der Waals surface area contributed by atoms with Crippen molar-refractivity contribution in [2.24, 2.45) is 11.8 Å². The lowest BCUT2D eigenvalue weighted by atomic mass is 10.0. The molecule has 1 saturated heterocycles. The second-order valence-electron chi connectivity index (χ2n) is 6.15. The van der Waals surface area contributed by atoms with E-state index in [9.17, 15) is 0 Å². The van der Waals surface area contributed by atoms with E-state index in [1.54, 1.807) is 0 Å². The van der Waals surface area contributed by atoms with Crippen molar-refractivity contribution in [3.8, 4) is 0 Å². The molecule has 0 aromatic heterocycles. The summed E-state index contributed by atoms with van der Waals surface area (Å²) in [7, 11) is 0. The average Bonchev–Trinajstić information content (AvgIpc) is 2.37. The van der Waals surface area contributed by atoms with Crippen molar-refractivity contribution in [3.63, 3.8) is 0 Å². The molecule has 2 rings (SSSR count). The third-order valence-electron chi connectivity index (χ3n) is 3.90. The third-order valence-corrected chi connectivity index (χ3v) is 3.90. The summed E-state index contributed by atoms with van der Waals surface area (Å²) in [6, 6.07) is 8.96. The maximum atomic E-state index is 3.57. The molecule has 1 aromatic carbocycles. The smallest absolute Gasteiger partial charge is 0.0398 e. The molecule has 2 nitrogen and oxygen atoms in total. The molecule has 1 aliphatic rings. The molecule has 2 atom stereocenters. The van der Waals surface area contributed by atoms with E-state index in [-0.39, 0.29) is 0 Å². The predicted molar refractivity (Wildman–Crippen MR) is 83.8 cm³/mol. The highest BCUT2D eigenvalue weighted by molar-refractivity contribution is 5.54. The number of benzene rings is 1. The fourth-order valence-electron chi connectivity index (χ4n) is 3.03. The molecule has 1 aliphatic heterocycles. The first-order valence-electron chi connectivity index (χ1n) is 7.74. The fourth-order valence-corrected chi connectivity index (χ4v) is 3.03. The van der Waals surface area contributed by atoms with Crippen LogP contribution in [-0.2, 0) is 6.42 Å². The normalized spacial score (nSPS) is 24.9. The first-order valence-corrected chi connectivity index (χ1v) is 7.74. The first-order chi connectivity index (χ1) is 9.20. The van der Waals surface area contributed by atoms with E-state index in [4.69, 9.17) is 0 Å². The molecule has 19 heavy (non-hydrogen) atoms. The number of anilines is 1. The molecule has 1 aromatic rings. The van der Waals surface area contributed by atoms with Crippen LogP contribution < -0.4 is 10.2 Å². The van der Waals surface area contributed by atoms with Gasteiger partial charge in [-0.2, -0.15) is 0 Å². The van der Waals surface area contributed by atoms with Crippen LogP contribution in [0.5, 0.6) is 0 Å². The van der Waals surface area contributed by atoms with Crippen LogP contribution in [0.3, 0.4) is 0 Å². The molecule has 106 valence electrons. The van der Waals surface area contributed by atoms with Crippen molar-refractivity contribution in [1.82, 2.24) is 5.32 Å². The van der Waals surface area contributed by atoms with Crippen molar-refractivity contribution >= 4 is 5.69 Å². The Kier molecular flexibility index (Phi) is 5.26. The summed E-state index contributed by atoms with van der Waals surface area (Å²) in [6.07, 6.45) is 2.41. The predicted octanol–water partition coefficient (Wildman–Crippen LogP) is 3.32. The van der Waals surface area contributed by atoms with E-state index in [0.29, 0.717) is 11.8 Å².